The van der Waals surface area contributed by atoms with Crippen LogP contribution in [-0.4, -0.2) is 32.9 Å². The Morgan fingerprint density at radius 3 is 1.69 bits per heavy atom. The first-order valence-electron chi connectivity index (χ1n) is 20.1. The molecule has 0 fully saturated rings. The van der Waals surface area contributed by atoms with Crippen molar-refractivity contribution in [3.05, 3.63) is 183 Å². The molecule has 5 aromatic heterocycles. The van der Waals surface area contributed by atoms with Gasteiger partial charge in [-0.15, -0.1) is 18.2 Å². The molecule has 0 N–H and O–H groups in total. The van der Waals surface area contributed by atoms with E-state index in [4.69, 9.17) is 13.3 Å². The molecular weight excluding hydrogens is 937 g/mol. The van der Waals surface area contributed by atoms with Crippen LogP contribution in [0.1, 0.15) is 18.5 Å². The van der Waals surface area contributed by atoms with Crippen LogP contribution in [0.4, 0.5) is 11.4 Å². The molecule has 0 atom stereocenters. The van der Waals surface area contributed by atoms with Gasteiger partial charge < -0.3 is 37.8 Å². The Kier molecular flexibility index (Phi) is 10.2. The van der Waals surface area contributed by atoms with E-state index in [1.54, 1.807) is 6.20 Å². The Balaban J connectivity index is 0.000000178. The smallest absolute Gasteiger partial charge is 0.216 e. The van der Waals surface area contributed by atoms with Crippen molar-refractivity contribution in [1.29, 1.82) is 0 Å². The molecule has 0 saturated heterocycles. The van der Waals surface area contributed by atoms with Gasteiger partial charge in [0.25, 0.3) is 0 Å². The van der Waals surface area contributed by atoms with E-state index in [2.05, 4.69) is 110 Å². The van der Waals surface area contributed by atoms with Crippen molar-refractivity contribution >= 4 is 77.3 Å². The van der Waals surface area contributed by atoms with Crippen molar-refractivity contribution in [3.8, 4) is 11.3 Å². The van der Waals surface area contributed by atoms with Gasteiger partial charge in [0.05, 0.1) is 5.58 Å². The molecule has 0 saturated carbocycles. The van der Waals surface area contributed by atoms with Crippen LogP contribution in [0.25, 0.3) is 77.2 Å². The first-order chi connectivity index (χ1) is 29.6. The summed E-state index contributed by atoms with van der Waals surface area (Å²) in [6.07, 6.45) is 12.3. The third-order valence-corrected chi connectivity index (χ3v) is 11.0. The average molecular weight is 974 g/mol. The summed E-state index contributed by atoms with van der Waals surface area (Å²) < 4.78 is 18.3. The number of unbranched alkanes of at least 4 members (excludes halogenated alkanes) is 1. The Morgan fingerprint density at radius 2 is 1.10 bits per heavy atom. The standard InChI is InChI=1S/C34H26N4O2.C17H11N2O.Ir/c1-3-15-31-25(9-1)27-11-7-13-29(33(27)39-31)37-21-19-35(23-37)17-5-6-18-36-20-22-38(24-36)30-14-8-12-28-26-10-2-4-16-32(26)40-34(28)30;1-11-8-9-13-12-5-4-6-14(15-7-2-3-10-18-15)16(12)20-17(13)19-11;/h1-4,7-12,15-16,19-24H,5-6,17-18H2;2-5,7-10H,1H3;/q-4;-1;. The van der Waals surface area contributed by atoms with Gasteiger partial charge in [-0.25, -0.2) is 4.98 Å². The van der Waals surface area contributed by atoms with Gasteiger partial charge in [-0.05, 0) is 93.7 Å². The summed E-state index contributed by atoms with van der Waals surface area (Å²) in [5.41, 5.74) is 9.52. The SMILES string of the molecule is Cc1ccc2c(n1)oc1c(-c3ccccn3)[c-]ccc12.[Ir].[c-]1ccc2c(oc3ccccc32)c1N1C=CN(CCCCN2C=CN(c3[c-]ccc4c3oc3ccccc34)[CH-]2)[CH-]1. The van der Waals surface area contributed by atoms with Gasteiger partial charge in [0.2, 0.25) is 5.71 Å². The minimum absolute atomic E-state index is 0. The van der Waals surface area contributed by atoms with Crippen LogP contribution in [0.15, 0.2) is 160 Å². The van der Waals surface area contributed by atoms with Gasteiger partial charge in [0, 0.05) is 59.3 Å². The minimum atomic E-state index is 0. The van der Waals surface area contributed by atoms with Crippen molar-refractivity contribution in [2.45, 2.75) is 19.8 Å². The van der Waals surface area contributed by atoms with Gasteiger partial charge in [-0.3, -0.25) is 0 Å². The number of hydrogen-bond donors (Lipinski definition) is 0. The second kappa shape index (κ2) is 16.3. The van der Waals surface area contributed by atoms with Crippen LogP contribution in [0.3, 0.4) is 0 Å². The maximum atomic E-state index is 6.19. The van der Waals surface area contributed by atoms with Crippen LogP contribution < -0.4 is 9.80 Å². The molecule has 2 aliphatic heterocycles. The maximum Gasteiger partial charge on any atom is 0.216 e. The number of fused-ring (bicyclic) bond motifs is 9. The molecule has 0 amide bonds. The van der Waals surface area contributed by atoms with E-state index < -0.39 is 0 Å². The van der Waals surface area contributed by atoms with Gasteiger partial charge in [0.15, 0.2) is 0 Å². The summed E-state index contributed by atoms with van der Waals surface area (Å²) in [7, 11) is 0. The number of anilines is 2. The summed E-state index contributed by atoms with van der Waals surface area (Å²) in [6, 6.07) is 48.1. The molecule has 12 rings (SSSR count). The monoisotopic (exact) mass is 974 g/mol. The first kappa shape index (κ1) is 38.3. The van der Waals surface area contributed by atoms with Crippen molar-refractivity contribution in [2.75, 3.05) is 22.9 Å². The van der Waals surface area contributed by atoms with E-state index in [0.717, 1.165) is 114 Å². The molecule has 1 radical (unpaired) electrons. The predicted molar refractivity (Wildman–Crippen MR) is 238 cm³/mol. The summed E-state index contributed by atoms with van der Waals surface area (Å²) in [5.74, 6) is 0. The van der Waals surface area contributed by atoms with Crippen molar-refractivity contribution in [3.63, 3.8) is 0 Å². The van der Waals surface area contributed by atoms with E-state index in [1.807, 2.05) is 97.9 Å². The molecule has 0 unspecified atom stereocenters. The molecule has 0 aliphatic carbocycles. The summed E-state index contributed by atoms with van der Waals surface area (Å²) in [4.78, 5) is 17.5. The molecule has 303 valence electrons. The maximum absolute atomic E-state index is 6.19. The van der Waals surface area contributed by atoms with Gasteiger partial charge in [-0.1, -0.05) is 81.6 Å². The second-order valence-electron chi connectivity index (χ2n) is 14.9. The number of aromatic nitrogens is 2. The number of hydrogen-bond acceptors (Lipinski definition) is 9. The van der Waals surface area contributed by atoms with E-state index >= 15 is 0 Å². The Bertz CT molecular complexity index is 3100. The second-order valence-corrected chi connectivity index (χ2v) is 14.9. The molecule has 7 heterocycles. The fraction of sp³-hybridized carbons (Fsp3) is 0.0980. The molecule has 61 heavy (non-hydrogen) atoms. The number of pyridine rings is 2. The topological polar surface area (TPSA) is 78.2 Å². The minimum Gasteiger partial charge on any atom is -0.514 e. The number of furan rings is 3. The molecule has 2 aliphatic rings. The summed E-state index contributed by atoms with van der Waals surface area (Å²) >= 11 is 0. The van der Waals surface area contributed by atoms with Crippen LogP contribution in [0.2, 0.25) is 0 Å². The fourth-order valence-corrected chi connectivity index (χ4v) is 8.06. The van der Waals surface area contributed by atoms with Crippen LogP contribution in [0, 0.1) is 38.5 Å². The molecule has 0 bridgehead atoms. The number of nitrogens with zero attached hydrogens (tertiary/aromatic N) is 6. The van der Waals surface area contributed by atoms with Gasteiger partial charge in [-0.2, -0.15) is 49.7 Å². The van der Waals surface area contributed by atoms with E-state index in [9.17, 15) is 0 Å². The molecule has 9 nitrogen and oxygen atoms in total. The Morgan fingerprint density at radius 1 is 0.541 bits per heavy atom. The third kappa shape index (κ3) is 7.18. The van der Waals surface area contributed by atoms with Crippen molar-refractivity contribution in [1.82, 2.24) is 19.8 Å². The first-order valence-corrected chi connectivity index (χ1v) is 20.1. The zero-order valence-electron chi connectivity index (χ0n) is 33.1. The number of rotatable bonds is 8. The summed E-state index contributed by atoms with van der Waals surface area (Å²) in [5, 5.41) is 6.56. The fourth-order valence-electron chi connectivity index (χ4n) is 8.06. The number of para-hydroxylation sites is 2. The van der Waals surface area contributed by atoms with Crippen LogP contribution in [0.5, 0.6) is 0 Å². The molecular formula is C51H37IrN6O3-5. The number of aryl methyl sites for hydroxylation is 1. The van der Waals surface area contributed by atoms with Crippen molar-refractivity contribution < 1.29 is 33.4 Å². The van der Waals surface area contributed by atoms with Crippen molar-refractivity contribution in [2.24, 2.45) is 0 Å². The predicted octanol–water partition coefficient (Wildman–Crippen LogP) is 12.1. The third-order valence-electron chi connectivity index (χ3n) is 11.0. The summed E-state index contributed by atoms with van der Waals surface area (Å²) in [6.45, 7) is 8.07. The van der Waals surface area contributed by atoms with Gasteiger partial charge >= 0.3 is 0 Å². The van der Waals surface area contributed by atoms with Crippen LogP contribution in [-0.2, 0) is 20.1 Å². The van der Waals surface area contributed by atoms with Crippen LogP contribution >= 0.6 is 0 Å². The number of benzene rings is 5. The zero-order chi connectivity index (χ0) is 40.0. The molecule has 5 aromatic carbocycles. The quantitative estimate of drug-likeness (QED) is 0.109. The molecule has 10 heteroatoms. The Labute approximate surface area is 366 Å². The van der Waals surface area contributed by atoms with E-state index in [0.29, 0.717) is 5.71 Å². The molecule has 10 aromatic rings. The molecule has 0 spiro atoms. The largest absolute Gasteiger partial charge is 0.514 e. The van der Waals surface area contributed by atoms with E-state index in [1.165, 1.54) is 0 Å². The normalized spacial score (nSPS) is 13.7. The van der Waals surface area contributed by atoms with Gasteiger partial charge in [0.1, 0.15) is 11.2 Å². The Hall–Kier alpha value is -6.87. The van der Waals surface area contributed by atoms with E-state index in [-0.39, 0.29) is 20.1 Å². The average Bonchev–Trinajstić information content (AvgIpc) is 4.14. The zero-order valence-corrected chi connectivity index (χ0v) is 35.5.